The van der Waals surface area contributed by atoms with Gasteiger partial charge in [0.1, 0.15) is 5.75 Å². The van der Waals surface area contributed by atoms with Crippen LogP contribution in [0.2, 0.25) is 0 Å². The second-order valence-electron chi connectivity index (χ2n) is 4.68. The first-order valence-corrected chi connectivity index (χ1v) is 7.10. The molecule has 116 valence electrons. The lowest BCUT2D eigenvalue weighted by Crippen LogP contribution is -2.36. The zero-order chi connectivity index (χ0) is 15.7. The molecule has 0 aromatic heterocycles. The Morgan fingerprint density at radius 3 is 2.29 bits per heavy atom. The second-order valence-corrected chi connectivity index (χ2v) is 4.68. The number of nitrogens with two attached hydrogens (primary N) is 1. The molecule has 0 bridgehead atoms. The fraction of sp³-hybridized carbons (Fsp3) is 0.467. The number of benzene rings is 1. The van der Waals surface area contributed by atoms with Gasteiger partial charge in [-0.2, -0.15) is 0 Å². The Hall–Kier alpha value is -2.24. The molecule has 0 atom stereocenters. The number of rotatable bonds is 8. The van der Waals surface area contributed by atoms with Crippen LogP contribution in [0.15, 0.2) is 29.4 Å². The first-order chi connectivity index (χ1) is 10.1. The van der Waals surface area contributed by atoms with Crippen molar-refractivity contribution in [3.05, 3.63) is 29.8 Å². The summed E-state index contributed by atoms with van der Waals surface area (Å²) in [6, 6.07) is 6.71. The number of nitrogens with zero attached hydrogens (tertiary/aromatic N) is 2. The normalized spacial score (nSPS) is 11.2. The highest BCUT2D eigenvalue weighted by atomic mass is 16.5. The Labute approximate surface area is 125 Å². The minimum atomic E-state index is -0.0146. The molecule has 6 heteroatoms. The Bertz CT molecular complexity index is 466. The van der Waals surface area contributed by atoms with Crippen LogP contribution in [0.3, 0.4) is 0 Å². The van der Waals surface area contributed by atoms with Crippen molar-refractivity contribution in [3.63, 3.8) is 0 Å². The van der Waals surface area contributed by atoms with Gasteiger partial charge in [-0.3, -0.25) is 4.79 Å². The van der Waals surface area contributed by atoms with Gasteiger partial charge in [0.15, 0.2) is 12.4 Å². The van der Waals surface area contributed by atoms with Crippen LogP contribution in [0, 0.1) is 0 Å². The number of amides is 1. The van der Waals surface area contributed by atoms with E-state index in [2.05, 4.69) is 5.16 Å². The van der Waals surface area contributed by atoms with Crippen molar-refractivity contribution in [2.24, 2.45) is 10.9 Å². The van der Waals surface area contributed by atoms with E-state index in [0.717, 1.165) is 25.9 Å². The molecule has 0 unspecified atom stereocenters. The summed E-state index contributed by atoms with van der Waals surface area (Å²) in [6.45, 7) is 5.60. The molecule has 0 heterocycles. The van der Waals surface area contributed by atoms with Crippen molar-refractivity contribution in [3.8, 4) is 5.75 Å². The van der Waals surface area contributed by atoms with Crippen LogP contribution in [-0.2, 0) is 4.79 Å². The zero-order valence-corrected chi connectivity index (χ0v) is 12.6. The van der Waals surface area contributed by atoms with Gasteiger partial charge in [0.2, 0.25) is 0 Å². The van der Waals surface area contributed by atoms with Gasteiger partial charge in [-0.05, 0) is 37.1 Å². The van der Waals surface area contributed by atoms with E-state index in [-0.39, 0.29) is 18.3 Å². The molecule has 21 heavy (non-hydrogen) atoms. The third kappa shape index (κ3) is 5.33. The Morgan fingerprint density at radius 1 is 1.24 bits per heavy atom. The average molecular weight is 293 g/mol. The summed E-state index contributed by atoms with van der Waals surface area (Å²) in [7, 11) is 0. The molecule has 1 amide bonds. The van der Waals surface area contributed by atoms with Gasteiger partial charge in [0.25, 0.3) is 5.91 Å². The van der Waals surface area contributed by atoms with Gasteiger partial charge in [-0.1, -0.05) is 19.0 Å². The summed E-state index contributed by atoms with van der Waals surface area (Å²) >= 11 is 0. The molecule has 0 aliphatic heterocycles. The molecule has 0 saturated carbocycles. The standard InChI is InChI=1S/C15H23N3O3/c1-3-9-18(10-4-2)14(19)11-21-13-7-5-12(6-8-13)15(16)17-20/h5-8,20H,3-4,9-11H2,1-2H3,(H2,16,17). The highest BCUT2D eigenvalue weighted by Gasteiger charge is 2.12. The Morgan fingerprint density at radius 2 is 1.81 bits per heavy atom. The number of oxime groups is 1. The van der Waals surface area contributed by atoms with E-state index in [1.807, 2.05) is 18.7 Å². The summed E-state index contributed by atoms with van der Waals surface area (Å²) in [5.41, 5.74) is 6.06. The fourth-order valence-corrected chi connectivity index (χ4v) is 1.92. The lowest BCUT2D eigenvalue weighted by atomic mass is 10.2. The maximum atomic E-state index is 12.0. The second kappa shape index (κ2) is 8.84. The molecule has 1 aromatic rings. The molecular formula is C15H23N3O3. The third-order valence-corrected chi connectivity index (χ3v) is 2.96. The molecule has 0 fully saturated rings. The highest BCUT2D eigenvalue weighted by molar-refractivity contribution is 5.97. The first-order valence-electron chi connectivity index (χ1n) is 7.10. The Balaban J connectivity index is 2.56. The minimum Gasteiger partial charge on any atom is -0.484 e. The van der Waals surface area contributed by atoms with Crippen LogP contribution in [0.1, 0.15) is 32.3 Å². The average Bonchev–Trinajstić information content (AvgIpc) is 2.52. The minimum absolute atomic E-state index is 0.0146. The lowest BCUT2D eigenvalue weighted by molar-refractivity contribution is -0.133. The van der Waals surface area contributed by atoms with E-state index in [1.54, 1.807) is 24.3 Å². The van der Waals surface area contributed by atoms with Crippen LogP contribution in [0.25, 0.3) is 0 Å². The topological polar surface area (TPSA) is 88.2 Å². The molecule has 6 nitrogen and oxygen atoms in total. The number of carbonyl (C=O) groups excluding carboxylic acids is 1. The van der Waals surface area contributed by atoms with Crippen molar-refractivity contribution >= 4 is 11.7 Å². The van der Waals surface area contributed by atoms with E-state index < -0.39 is 0 Å². The summed E-state index contributed by atoms with van der Waals surface area (Å²) < 4.78 is 5.48. The van der Waals surface area contributed by atoms with Crippen molar-refractivity contribution in [2.45, 2.75) is 26.7 Å². The number of hydrogen-bond acceptors (Lipinski definition) is 4. The van der Waals surface area contributed by atoms with Crippen molar-refractivity contribution in [1.29, 1.82) is 0 Å². The van der Waals surface area contributed by atoms with Gasteiger partial charge in [-0.15, -0.1) is 0 Å². The third-order valence-electron chi connectivity index (χ3n) is 2.96. The van der Waals surface area contributed by atoms with Crippen molar-refractivity contribution < 1.29 is 14.7 Å². The molecule has 1 aromatic carbocycles. The summed E-state index contributed by atoms with van der Waals surface area (Å²) in [4.78, 5) is 13.9. The van der Waals surface area contributed by atoms with Crippen LogP contribution < -0.4 is 10.5 Å². The zero-order valence-electron chi connectivity index (χ0n) is 12.6. The summed E-state index contributed by atoms with van der Waals surface area (Å²) in [6.07, 6.45) is 1.86. The molecule has 0 radical (unpaired) electrons. The molecule has 0 aliphatic carbocycles. The Kier molecular flexibility index (Phi) is 7.08. The monoisotopic (exact) mass is 293 g/mol. The van der Waals surface area contributed by atoms with Crippen molar-refractivity contribution in [1.82, 2.24) is 4.90 Å². The summed E-state index contributed by atoms with van der Waals surface area (Å²) in [5.74, 6) is 0.597. The van der Waals surface area contributed by atoms with Gasteiger partial charge in [-0.25, -0.2) is 0 Å². The molecular weight excluding hydrogens is 270 g/mol. The number of ether oxygens (including phenoxy) is 1. The van der Waals surface area contributed by atoms with Crippen LogP contribution >= 0.6 is 0 Å². The SMILES string of the molecule is CCCN(CCC)C(=O)COc1ccc(/C(N)=N/O)cc1. The van der Waals surface area contributed by atoms with E-state index in [9.17, 15) is 4.79 Å². The molecule has 0 saturated heterocycles. The lowest BCUT2D eigenvalue weighted by Gasteiger charge is -2.21. The molecule has 1 rings (SSSR count). The van der Waals surface area contributed by atoms with Crippen LogP contribution in [-0.4, -0.2) is 41.5 Å². The van der Waals surface area contributed by atoms with Crippen LogP contribution in [0.4, 0.5) is 0 Å². The van der Waals surface area contributed by atoms with E-state index >= 15 is 0 Å². The van der Waals surface area contributed by atoms with Gasteiger partial charge in [0.05, 0.1) is 0 Å². The maximum absolute atomic E-state index is 12.0. The highest BCUT2D eigenvalue weighted by Crippen LogP contribution is 2.12. The smallest absolute Gasteiger partial charge is 0.260 e. The van der Waals surface area contributed by atoms with Crippen LogP contribution in [0.5, 0.6) is 5.75 Å². The van der Waals surface area contributed by atoms with Gasteiger partial charge < -0.3 is 20.6 Å². The first kappa shape index (κ1) is 16.8. The van der Waals surface area contributed by atoms with E-state index in [4.69, 9.17) is 15.7 Å². The maximum Gasteiger partial charge on any atom is 0.260 e. The largest absolute Gasteiger partial charge is 0.484 e. The predicted molar refractivity (Wildman–Crippen MR) is 81.6 cm³/mol. The number of carbonyl (C=O) groups is 1. The van der Waals surface area contributed by atoms with Gasteiger partial charge in [0, 0.05) is 18.7 Å². The molecule has 0 spiro atoms. The molecule has 0 aliphatic rings. The van der Waals surface area contributed by atoms with E-state index in [0.29, 0.717) is 11.3 Å². The number of amidine groups is 1. The number of hydrogen-bond donors (Lipinski definition) is 2. The van der Waals surface area contributed by atoms with Gasteiger partial charge >= 0.3 is 0 Å². The van der Waals surface area contributed by atoms with Crippen molar-refractivity contribution in [2.75, 3.05) is 19.7 Å². The fourth-order valence-electron chi connectivity index (χ4n) is 1.92. The summed E-state index contributed by atoms with van der Waals surface area (Å²) in [5, 5.41) is 11.5. The van der Waals surface area contributed by atoms with E-state index in [1.165, 1.54) is 0 Å². The predicted octanol–water partition coefficient (Wildman–Crippen LogP) is 1.81. The molecule has 3 N–H and O–H groups in total. The quantitative estimate of drug-likeness (QED) is 0.331.